The molecule has 1 aromatic rings. The van der Waals surface area contributed by atoms with E-state index < -0.39 is 0 Å². The zero-order valence-electron chi connectivity index (χ0n) is 8.69. The molecule has 1 aliphatic carbocycles. The predicted molar refractivity (Wildman–Crippen MR) is 65.1 cm³/mol. The van der Waals surface area contributed by atoms with Gasteiger partial charge in [0.15, 0.2) is 0 Å². The van der Waals surface area contributed by atoms with Gasteiger partial charge in [-0.1, -0.05) is 0 Å². The van der Waals surface area contributed by atoms with Crippen molar-refractivity contribution in [3.8, 4) is 0 Å². The summed E-state index contributed by atoms with van der Waals surface area (Å²) in [7, 11) is 0. The molecule has 3 N–H and O–H groups in total. The van der Waals surface area contributed by atoms with Gasteiger partial charge < -0.3 is 11.1 Å². The molecule has 0 bridgehead atoms. The van der Waals surface area contributed by atoms with E-state index in [2.05, 4.69) is 22.8 Å². The normalized spacial score (nSPS) is 22.9. The molecule has 0 saturated carbocycles. The molecular weight excluding hydrogens is 220 g/mol. The standard InChI is InChI=1S/C12H12N2OS/c13-12(15)9-4-8-3-7-1-2-16-11(7)5-10(8)14-6-9/h1-4,10,14H,5-6H2,(H2,13,15). The lowest BCUT2D eigenvalue weighted by atomic mass is 9.89. The molecular formula is C12H12N2OS. The maximum absolute atomic E-state index is 11.1. The van der Waals surface area contributed by atoms with Crippen LogP contribution in [0.3, 0.4) is 0 Å². The van der Waals surface area contributed by atoms with Crippen LogP contribution in [0.25, 0.3) is 6.08 Å². The number of primary amides is 1. The molecule has 0 saturated heterocycles. The molecule has 16 heavy (non-hydrogen) atoms. The maximum Gasteiger partial charge on any atom is 0.245 e. The molecule has 0 fully saturated rings. The van der Waals surface area contributed by atoms with E-state index in [0.29, 0.717) is 18.2 Å². The zero-order chi connectivity index (χ0) is 11.1. The summed E-state index contributed by atoms with van der Waals surface area (Å²) in [6.07, 6.45) is 5.10. The van der Waals surface area contributed by atoms with Crippen LogP contribution in [0.1, 0.15) is 10.4 Å². The molecule has 3 rings (SSSR count). The Hall–Kier alpha value is -1.39. The first kappa shape index (κ1) is 9.81. The number of thiophene rings is 1. The molecule has 1 amide bonds. The van der Waals surface area contributed by atoms with Crippen molar-refractivity contribution < 1.29 is 4.79 Å². The van der Waals surface area contributed by atoms with Crippen molar-refractivity contribution in [3.63, 3.8) is 0 Å². The summed E-state index contributed by atoms with van der Waals surface area (Å²) < 4.78 is 0. The van der Waals surface area contributed by atoms with Crippen LogP contribution < -0.4 is 11.1 Å². The van der Waals surface area contributed by atoms with Gasteiger partial charge in [0, 0.05) is 29.5 Å². The smallest absolute Gasteiger partial charge is 0.245 e. The molecule has 1 aliphatic heterocycles. The highest BCUT2D eigenvalue weighted by molar-refractivity contribution is 7.10. The summed E-state index contributed by atoms with van der Waals surface area (Å²) in [5.74, 6) is -0.331. The van der Waals surface area contributed by atoms with Crippen LogP contribution in [0.2, 0.25) is 0 Å². The average molecular weight is 232 g/mol. The molecule has 3 nitrogen and oxygen atoms in total. The van der Waals surface area contributed by atoms with Crippen molar-refractivity contribution in [3.05, 3.63) is 39.1 Å². The lowest BCUT2D eigenvalue weighted by molar-refractivity contribution is -0.114. The van der Waals surface area contributed by atoms with Gasteiger partial charge in [0.2, 0.25) is 5.91 Å². The molecule has 0 aromatic carbocycles. The highest BCUT2D eigenvalue weighted by Gasteiger charge is 2.25. The van der Waals surface area contributed by atoms with Crippen molar-refractivity contribution in [2.75, 3.05) is 6.54 Å². The predicted octanol–water partition coefficient (Wildman–Crippen LogP) is 1.07. The van der Waals surface area contributed by atoms with E-state index in [1.807, 2.05) is 6.08 Å². The highest BCUT2D eigenvalue weighted by atomic mass is 32.1. The Morgan fingerprint density at radius 2 is 2.38 bits per heavy atom. The monoisotopic (exact) mass is 232 g/mol. The minimum Gasteiger partial charge on any atom is -0.366 e. The summed E-state index contributed by atoms with van der Waals surface area (Å²) in [5.41, 5.74) is 8.41. The summed E-state index contributed by atoms with van der Waals surface area (Å²) in [6.45, 7) is 0.581. The number of nitrogens with one attached hydrogen (secondary N) is 1. The molecule has 82 valence electrons. The summed E-state index contributed by atoms with van der Waals surface area (Å²) in [6, 6.07) is 2.46. The summed E-state index contributed by atoms with van der Waals surface area (Å²) in [5, 5.41) is 5.46. The van der Waals surface area contributed by atoms with Gasteiger partial charge >= 0.3 is 0 Å². The number of nitrogens with two attached hydrogens (primary N) is 1. The second-order valence-electron chi connectivity index (χ2n) is 4.11. The minimum absolute atomic E-state index is 0.331. The van der Waals surface area contributed by atoms with E-state index in [1.165, 1.54) is 16.0 Å². The van der Waals surface area contributed by atoms with Gasteiger partial charge in [0.25, 0.3) is 0 Å². The van der Waals surface area contributed by atoms with E-state index in [-0.39, 0.29) is 5.91 Å². The molecule has 2 aliphatic rings. The van der Waals surface area contributed by atoms with Crippen LogP contribution in [-0.2, 0) is 11.2 Å². The SMILES string of the molecule is NC(=O)C1=CC2=Cc3ccsc3CC2NC1. The lowest BCUT2D eigenvalue weighted by Crippen LogP contribution is -2.40. The third-order valence-corrected chi connectivity index (χ3v) is 4.05. The van der Waals surface area contributed by atoms with Crippen LogP contribution in [0.5, 0.6) is 0 Å². The van der Waals surface area contributed by atoms with Gasteiger partial charge in [-0.25, -0.2) is 0 Å². The van der Waals surface area contributed by atoms with Crippen molar-refractivity contribution in [1.82, 2.24) is 5.32 Å². The number of hydrogen-bond donors (Lipinski definition) is 2. The number of hydrogen-bond acceptors (Lipinski definition) is 3. The molecule has 0 spiro atoms. The van der Waals surface area contributed by atoms with Crippen LogP contribution in [0, 0.1) is 0 Å². The van der Waals surface area contributed by atoms with E-state index in [1.54, 1.807) is 11.3 Å². The summed E-state index contributed by atoms with van der Waals surface area (Å²) in [4.78, 5) is 12.5. The molecule has 2 heterocycles. The van der Waals surface area contributed by atoms with Gasteiger partial charge in [0.05, 0.1) is 0 Å². The maximum atomic E-state index is 11.1. The fourth-order valence-electron chi connectivity index (χ4n) is 2.20. The van der Waals surface area contributed by atoms with Crippen LogP contribution in [0.15, 0.2) is 28.7 Å². The van der Waals surface area contributed by atoms with Gasteiger partial charge in [-0.2, -0.15) is 0 Å². The lowest BCUT2D eigenvalue weighted by Gasteiger charge is -2.28. The zero-order valence-corrected chi connectivity index (χ0v) is 9.51. The first-order valence-electron chi connectivity index (χ1n) is 5.26. The molecule has 1 aromatic heterocycles. The first-order valence-corrected chi connectivity index (χ1v) is 6.14. The van der Waals surface area contributed by atoms with Gasteiger partial charge in [-0.05, 0) is 34.7 Å². The van der Waals surface area contributed by atoms with E-state index in [4.69, 9.17) is 5.73 Å². The third-order valence-electron chi connectivity index (χ3n) is 3.09. The number of amides is 1. The Labute approximate surface area is 97.7 Å². The molecule has 1 atom stereocenters. The number of fused-ring (bicyclic) bond motifs is 2. The van der Waals surface area contributed by atoms with Crippen LogP contribution >= 0.6 is 11.3 Å². The summed E-state index contributed by atoms with van der Waals surface area (Å²) >= 11 is 1.79. The van der Waals surface area contributed by atoms with E-state index in [9.17, 15) is 4.79 Å². The van der Waals surface area contributed by atoms with Gasteiger partial charge in [-0.3, -0.25) is 4.79 Å². The largest absolute Gasteiger partial charge is 0.366 e. The highest BCUT2D eigenvalue weighted by Crippen LogP contribution is 2.30. The fourth-order valence-corrected chi connectivity index (χ4v) is 3.11. The first-order chi connectivity index (χ1) is 7.74. The molecule has 0 radical (unpaired) electrons. The quantitative estimate of drug-likeness (QED) is 0.761. The Balaban J connectivity index is 2.03. The molecule has 1 unspecified atom stereocenters. The fraction of sp³-hybridized carbons (Fsp3) is 0.250. The van der Waals surface area contributed by atoms with Crippen molar-refractivity contribution in [1.29, 1.82) is 0 Å². The number of carbonyl (C=O) groups is 1. The van der Waals surface area contributed by atoms with Gasteiger partial charge in [0.1, 0.15) is 0 Å². The van der Waals surface area contributed by atoms with Crippen LogP contribution in [0.4, 0.5) is 0 Å². The van der Waals surface area contributed by atoms with E-state index >= 15 is 0 Å². The second kappa shape index (κ2) is 3.57. The van der Waals surface area contributed by atoms with Gasteiger partial charge in [-0.15, -0.1) is 11.3 Å². The second-order valence-corrected chi connectivity index (χ2v) is 5.12. The Morgan fingerprint density at radius 3 is 3.19 bits per heavy atom. The van der Waals surface area contributed by atoms with Crippen LogP contribution in [-0.4, -0.2) is 18.5 Å². The van der Waals surface area contributed by atoms with Crippen molar-refractivity contribution in [2.24, 2.45) is 5.73 Å². The van der Waals surface area contributed by atoms with E-state index in [0.717, 1.165) is 6.42 Å². The number of rotatable bonds is 1. The topological polar surface area (TPSA) is 55.1 Å². The Bertz CT molecular complexity index is 513. The number of carbonyl (C=O) groups excluding carboxylic acids is 1. The Kier molecular flexibility index (Phi) is 2.19. The Morgan fingerprint density at radius 1 is 1.50 bits per heavy atom. The molecule has 4 heteroatoms. The average Bonchev–Trinajstić information content (AvgIpc) is 2.71. The minimum atomic E-state index is -0.331. The van der Waals surface area contributed by atoms with Crippen molar-refractivity contribution in [2.45, 2.75) is 12.5 Å². The van der Waals surface area contributed by atoms with Crippen molar-refractivity contribution >= 4 is 23.3 Å². The third kappa shape index (κ3) is 1.50.